The third kappa shape index (κ3) is 2.72. The highest BCUT2D eigenvalue weighted by Crippen LogP contribution is 2.18. The monoisotopic (exact) mass is 297 g/mol. The van der Waals surface area contributed by atoms with Gasteiger partial charge in [0.25, 0.3) is 0 Å². The zero-order valence-electron chi connectivity index (χ0n) is 13.0. The quantitative estimate of drug-likeness (QED) is 0.777. The second kappa shape index (κ2) is 5.63. The molecule has 2 heterocycles. The lowest BCUT2D eigenvalue weighted by molar-refractivity contribution is -0.116. The van der Waals surface area contributed by atoms with Crippen molar-refractivity contribution in [2.45, 2.75) is 26.7 Å². The summed E-state index contributed by atoms with van der Waals surface area (Å²) in [5.74, 6) is 0.00509. The van der Waals surface area contributed by atoms with E-state index in [1.807, 2.05) is 43.8 Å². The molecule has 0 aliphatic carbocycles. The summed E-state index contributed by atoms with van der Waals surface area (Å²) in [7, 11) is 1.92. The minimum absolute atomic E-state index is 0.00509. The van der Waals surface area contributed by atoms with Gasteiger partial charge in [0.1, 0.15) is 0 Å². The van der Waals surface area contributed by atoms with E-state index in [-0.39, 0.29) is 5.91 Å². The van der Waals surface area contributed by atoms with Crippen LogP contribution in [-0.4, -0.2) is 25.9 Å². The van der Waals surface area contributed by atoms with Gasteiger partial charge in [0.2, 0.25) is 5.91 Å². The van der Waals surface area contributed by atoms with Gasteiger partial charge in [-0.1, -0.05) is 0 Å². The van der Waals surface area contributed by atoms with Crippen LogP contribution in [0.4, 0.5) is 5.69 Å². The third-order valence-corrected chi connectivity index (χ3v) is 3.98. The van der Waals surface area contributed by atoms with Gasteiger partial charge in [0, 0.05) is 30.2 Å². The first kappa shape index (κ1) is 14.3. The number of aromatic amines is 1. The van der Waals surface area contributed by atoms with Crippen LogP contribution in [0.25, 0.3) is 10.9 Å². The molecule has 0 aliphatic rings. The van der Waals surface area contributed by atoms with Crippen molar-refractivity contribution in [3.8, 4) is 0 Å². The summed E-state index contributed by atoms with van der Waals surface area (Å²) < 4.78 is 1.86. The molecule has 0 unspecified atom stereocenters. The van der Waals surface area contributed by atoms with Gasteiger partial charge in [-0.15, -0.1) is 0 Å². The summed E-state index contributed by atoms with van der Waals surface area (Å²) in [6, 6.07) is 5.70. The fourth-order valence-electron chi connectivity index (χ4n) is 2.66. The van der Waals surface area contributed by atoms with Gasteiger partial charge in [-0.25, -0.2) is 0 Å². The number of nitrogens with one attached hydrogen (secondary N) is 2. The lowest BCUT2D eigenvalue weighted by Gasteiger charge is -2.06. The summed E-state index contributed by atoms with van der Waals surface area (Å²) in [6.07, 6.45) is 2.88. The second-order valence-corrected chi connectivity index (χ2v) is 5.49. The summed E-state index contributed by atoms with van der Waals surface area (Å²) in [5.41, 5.74) is 5.01. The van der Waals surface area contributed by atoms with Gasteiger partial charge in [0.15, 0.2) is 0 Å². The number of benzene rings is 1. The SMILES string of the molecule is Cc1nn(C)c(C)c1CCC(=O)Nc1ccc2[nH]ncc2c1. The number of carbonyl (C=O) groups is 1. The van der Waals surface area contributed by atoms with E-state index in [9.17, 15) is 4.79 Å². The van der Waals surface area contributed by atoms with Crippen LogP contribution in [0.2, 0.25) is 0 Å². The van der Waals surface area contributed by atoms with Crippen LogP contribution < -0.4 is 5.32 Å². The first-order valence-electron chi connectivity index (χ1n) is 7.26. The Balaban J connectivity index is 1.64. The predicted molar refractivity (Wildman–Crippen MR) is 85.7 cm³/mol. The molecule has 3 aromatic rings. The number of nitrogens with zero attached hydrogens (tertiary/aromatic N) is 3. The van der Waals surface area contributed by atoms with Crippen LogP contribution in [0.5, 0.6) is 0 Å². The van der Waals surface area contributed by atoms with Crippen LogP contribution in [0.3, 0.4) is 0 Å². The normalized spacial score (nSPS) is 11.0. The number of aromatic nitrogens is 4. The molecule has 114 valence electrons. The van der Waals surface area contributed by atoms with Gasteiger partial charge >= 0.3 is 0 Å². The van der Waals surface area contributed by atoms with E-state index in [2.05, 4.69) is 20.6 Å². The average Bonchev–Trinajstić information content (AvgIpc) is 3.02. The maximum atomic E-state index is 12.1. The molecule has 0 fully saturated rings. The zero-order valence-corrected chi connectivity index (χ0v) is 13.0. The van der Waals surface area contributed by atoms with Crippen LogP contribution in [0.1, 0.15) is 23.4 Å². The van der Waals surface area contributed by atoms with E-state index in [1.165, 1.54) is 0 Å². The molecule has 6 heteroatoms. The lowest BCUT2D eigenvalue weighted by atomic mass is 10.1. The number of H-pyrrole nitrogens is 1. The Morgan fingerprint density at radius 1 is 1.36 bits per heavy atom. The molecule has 3 rings (SSSR count). The molecule has 0 spiro atoms. The summed E-state index contributed by atoms with van der Waals surface area (Å²) >= 11 is 0. The van der Waals surface area contributed by atoms with E-state index in [0.29, 0.717) is 12.8 Å². The van der Waals surface area contributed by atoms with Gasteiger partial charge in [-0.05, 0) is 44.0 Å². The van der Waals surface area contributed by atoms with E-state index >= 15 is 0 Å². The Hall–Kier alpha value is -2.63. The van der Waals surface area contributed by atoms with Crippen LogP contribution in [-0.2, 0) is 18.3 Å². The van der Waals surface area contributed by atoms with E-state index in [1.54, 1.807) is 6.20 Å². The number of aryl methyl sites for hydroxylation is 2. The van der Waals surface area contributed by atoms with Crippen molar-refractivity contribution in [3.63, 3.8) is 0 Å². The molecular weight excluding hydrogens is 278 g/mol. The van der Waals surface area contributed by atoms with Gasteiger partial charge in [0.05, 0.1) is 17.4 Å². The summed E-state index contributed by atoms with van der Waals surface area (Å²) in [6.45, 7) is 4.01. The minimum atomic E-state index is 0.00509. The van der Waals surface area contributed by atoms with Gasteiger partial charge < -0.3 is 5.32 Å². The molecule has 2 aromatic heterocycles. The molecule has 6 nitrogen and oxygen atoms in total. The van der Waals surface area contributed by atoms with E-state index in [4.69, 9.17) is 0 Å². The van der Waals surface area contributed by atoms with Crippen molar-refractivity contribution in [2.75, 3.05) is 5.32 Å². The molecule has 0 atom stereocenters. The van der Waals surface area contributed by atoms with Crippen molar-refractivity contribution in [1.82, 2.24) is 20.0 Å². The maximum absolute atomic E-state index is 12.1. The van der Waals surface area contributed by atoms with Crippen molar-refractivity contribution in [2.24, 2.45) is 7.05 Å². The van der Waals surface area contributed by atoms with Gasteiger partial charge in [-0.3, -0.25) is 14.6 Å². The number of rotatable bonds is 4. The van der Waals surface area contributed by atoms with Crippen LogP contribution in [0.15, 0.2) is 24.4 Å². The molecule has 1 amide bonds. The minimum Gasteiger partial charge on any atom is -0.326 e. The Morgan fingerprint density at radius 2 is 2.18 bits per heavy atom. The Bertz CT molecular complexity index is 830. The fourth-order valence-corrected chi connectivity index (χ4v) is 2.66. The fraction of sp³-hybridized carbons (Fsp3) is 0.312. The number of anilines is 1. The Kier molecular flexibility index (Phi) is 3.66. The smallest absolute Gasteiger partial charge is 0.224 e. The molecule has 0 saturated heterocycles. The van der Waals surface area contributed by atoms with E-state index < -0.39 is 0 Å². The van der Waals surface area contributed by atoms with Crippen molar-refractivity contribution in [1.29, 1.82) is 0 Å². The molecule has 1 aromatic carbocycles. The second-order valence-electron chi connectivity index (χ2n) is 5.49. The summed E-state index contributed by atoms with van der Waals surface area (Å²) in [4.78, 5) is 12.1. The van der Waals surface area contributed by atoms with Crippen molar-refractivity contribution in [3.05, 3.63) is 41.3 Å². The van der Waals surface area contributed by atoms with Gasteiger partial charge in [-0.2, -0.15) is 10.2 Å². The maximum Gasteiger partial charge on any atom is 0.224 e. The van der Waals surface area contributed by atoms with E-state index in [0.717, 1.165) is 33.5 Å². The Morgan fingerprint density at radius 3 is 2.91 bits per heavy atom. The number of amides is 1. The molecule has 0 bridgehead atoms. The number of hydrogen-bond acceptors (Lipinski definition) is 3. The highest BCUT2D eigenvalue weighted by Gasteiger charge is 2.11. The number of carbonyl (C=O) groups excluding carboxylic acids is 1. The number of hydrogen-bond donors (Lipinski definition) is 2. The molecular formula is C16H19N5O. The first-order chi connectivity index (χ1) is 10.5. The zero-order chi connectivity index (χ0) is 15.7. The third-order valence-electron chi connectivity index (χ3n) is 3.98. The van der Waals surface area contributed by atoms with Crippen molar-refractivity contribution >= 4 is 22.5 Å². The van der Waals surface area contributed by atoms with Crippen LogP contribution >= 0.6 is 0 Å². The topological polar surface area (TPSA) is 75.6 Å². The Labute approximate surface area is 128 Å². The first-order valence-corrected chi connectivity index (χ1v) is 7.26. The lowest BCUT2D eigenvalue weighted by Crippen LogP contribution is -2.12. The van der Waals surface area contributed by atoms with Crippen LogP contribution in [0, 0.1) is 13.8 Å². The highest BCUT2D eigenvalue weighted by molar-refractivity contribution is 5.93. The number of fused-ring (bicyclic) bond motifs is 1. The molecule has 22 heavy (non-hydrogen) atoms. The molecule has 2 N–H and O–H groups in total. The molecule has 0 saturated carbocycles. The predicted octanol–water partition coefficient (Wildman–Crippen LogP) is 2.48. The summed E-state index contributed by atoms with van der Waals surface area (Å²) in [5, 5.41) is 15.2. The van der Waals surface area contributed by atoms with Crippen molar-refractivity contribution < 1.29 is 4.79 Å². The highest BCUT2D eigenvalue weighted by atomic mass is 16.1. The average molecular weight is 297 g/mol. The molecule has 0 aliphatic heterocycles. The molecule has 0 radical (unpaired) electrons. The largest absolute Gasteiger partial charge is 0.326 e. The standard InChI is InChI=1S/C16H19N5O/c1-10-14(11(2)21(3)20-10)5-7-16(22)18-13-4-6-15-12(8-13)9-17-19-15/h4,6,8-9H,5,7H2,1-3H3,(H,17,19)(H,18,22).